The van der Waals surface area contributed by atoms with Gasteiger partial charge in [0.15, 0.2) is 12.0 Å². The lowest BCUT2D eigenvalue weighted by molar-refractivity contribution is 0.204. The van der Waals surface area contributed by atoms with Crippen LogP contribution in [0.3, 0.4) is 0 Å². The molecular formula is C24H20ClN3O2. The Morgan fingerprint density at radius 1 is 0.900 bits per heavy atom. The van der Waals surface area contributed by atoms with E-state index >= 15 is 0 Å². The molecule has 5 nitrogen and oxygen atoms in total. The summed E-state index contributed by atoms with van der Waals surface area (Å²) in [5, 5.41) is 35.2. The third-order valence-electron chi connectivity index (χ3n) is 4.76. The van der Waals surface area contributed by atoms with Crippen LogP contribution >= 0.6 is 11.6 Å². The number of halogens is 1. The highest BCUT2D eigenvalue weighted by Gasteiger charge is 2.19. The second-order valence-electron chi connectivity index (χ2n) is 6.95. The summed E-state index contributed by atoms with van der Waals surface area (Å²) in [7, 11) is 0. The minimum atomic E-state index is -1.13. The van der Waals surface area contributed by atoms with E-state index < -0.39 is 6.23 Å². The monoisotopic (exact) mass is 417 g/mol. The molecule has 0 spiro atoms. The molecule has 0 aliphatic rings. The summed E-state index contributed by atoms with van der Waals surface area (Å²) in [6.07, 6.45) is -1.13. The topological polar surface area (TPSA) is 77.2 Å². The van der Waals surface area contributed by atoms with Crippen molar-refractivity contribution in [2.24, 2.45) is 10.2 Å². The lowest BCUT2D eigenvalue weighted by atomic mass is 10.0. The molecule has 0 fully saturated rings. The molecule has 0 saturated heterocycles. The number of rotatable bonds is 5. The van der Waals surface area contributed by atoms with Crippen molar-refractivity contribution in [1.82, 2.24) is 0 Å². The SMILES string of the molecule is Cc1ccc(N=Nc2c(O)c(C(O)Nc3ccccc3)cc3ccccc23)c(Cl)c1. The van der Waals surface area contributed by atoms with E-state index in [1.54, 1.807) is 18.2 Å². The van der Waals surface area contributed by atoms with Crippen LogP contribution in [-0.2, 0) is 0 Å². The Balaban J connectivity index is 1.78. The minimum absolute atomic E-state index is 0.142. The van der Waals surface area contributed by atoms with Crippen LogP contribution in [0.5, 0.6) is 5.75 Å². The molecule has 0 bridgehead atoms. The highest BCUT2D eigenvalue weighted by molar-refractivity contribution is 6.33. The maximum Gasteiger partial charge on any atom is 0.154 e. The molecule has 0 aromatic heterocycles. The fourth-order valence-corrected chi connectivity index (χ4v) is 3.49. The normalized spacial score (nSPS) is 12.4. The number of aliphatic hydroxyl groups excluding tert-OH is 1. The number of nitrogens with one attached hydrogen (secondary N) is 1. The van der Waals surface area contributed by atoms with Crippen molar-refractivity contribution in [2.45, 2.75) is 13.2 Å². The Labute approximate surface area is 179 Å². The molecule has 1 unspecified atom stereocenters. The number of para-hydroxylation sites is 1. The van der Waals surface area contributed by atoms with E-state index in [1.165, 1.54) is 0 Å². The third-order valence-corrected chi connectivity index (χ3v) is 5.06. The number of aromatic hydroxyl groups is 1. The maximum atomic E-state index is 10.9. The van der Waals surface area contributed by atoms with Gasteiger partial charge in [-0.05, 0) is 48.2 Å². The van der Waals surface area contributed by atoms with Gasteiger partial charge in [0.05, 0.1) is 5.02 Å². The Bertz CT molecular complexity index is 1230. The smallest absolute Gasteiger partial charge is 0.154 e. The van der Waals surface area contributed by atoms with Crippen LogP contribution in [-0.4, -0.2) is 10.2 Å². The number of azo groups is 1. The molecule has 0 saturated carbocycles. The molecule has 3 N–H and O–H groups in total. The van der Waals surface area contributed by atoms with Crippen LogP contribution < -0.4 is 5.32 Å². The molecule has 0 heterocycles. The lowest BCUT2D eigenvalue weighted by Gasteiger charge is -2.18. The zero-order valence-electron chi connectivity index (χ0n) is 16.2. The van der Waals surface area contributed by atoms with Gasteiger partial charge in [-0.1, -0.05) is 60.1 Å². The average molecular weight is 418 g/mol. The van der Waals surface area contributed by atoms with E-state index in [2.05, 4.69) is 15.5 Å². The molecule has 1 atom stereocenters. The summed E-state index contributed by atoms with van der Waals surface area (Å²) >= 11 is 6.26. The molecule has 150 valence electrons. The molecule has 4 rings (SSSR count). The Kier molecular flexibility index (Phi) is 5.65. The number of fused-ring (bicyclic) bond motifs is 1. The predicted octanol–water partition coefficient (Wildman–Crippen LogP) is 7.03. The van der Waals surface area contributed by atoms with Gasteiger partial charge in [0, 0.05) is 16.6 Å². The third kappa shape index (κ3) is 4.13. The zero-order chi connectivity index (χ0) is 21.1. The van der Waals surface area contributed by atoms with Crippen molar-refractivity contribution in [3.63, 3.8) is 0 Å². The van der Waals surface area contributed by atoms with Crippen molar-refractivity contribution < 1.29 is 10.2 Å². The average Bonchev–Trinajstić information content (AvgIpc) is 2.74. The molecule has 30 heavy (non-hydrogen) atoms. The number of hydrogen-bond donors (Lipinski definition) is 3. The van der Waals surface area contributed by atoms with Gasteiger partial charge in [-0.2, -0.15) is 0 Å². The van der Waals surface area contributed by atoms with Crippen molar-refractivity contribution in [3.05, 3.63) is 95.0 Å². The van der Waals surface area contributed by atoms with Gasteiger partial charge < -0.3 is 15.5 Å². The Hall–Kier alpha value is -3.41. The van der Waals surface area contributed by atoms with E-state index in [0.29, 0.717) is 16.3 Å². The van der Waals surface area contributed by atoms with E-state index in [1.807, 2.05) is 67.6 Å². The number of aliphatic hydroxyl groups is 1. The Morgan fingerprint density at radius 2 is 1.63 bits per heavy atom. The number of aryl methyl sites for hydroxylation is 1. The van der Waals surface area contributed by atoms with E-state index in [-0.39, 0.29) is 11.4 Å². The van der Waals surface area contributed by atoms with Crippen LogP contribution in [0.4, 0.5) is 17.1 Å². The first-order valence-electron chi connectivity index (χ1n) is 9.45. The Morgan fingerprint density at radius 3 is 2.40 bits per heavy atom. The summed E-state index contributed by atoms with van der Waals surface area (Å²) in [6, 6.07) is 24.0. The van der Waals surface area contributed by atoms with Crippen molar-refractivity contribution in [1.29, 1.82) is 0 Å². The molecule has 0 aliphatic heterocycles. The number of hydrogen-bond acceptors (Lipinski definition) is 5. The summed E-state index contributed by atoms with van der Waals surface area (Å²) in [4.78, 5) is 0. The lowest BCUT2D eigenvalue weighted by Crippen LogP contribution is -2.09. The maximum absolute atomic E-state index is 10.9. The van der Waals surface area contributed by atoms with Gasteiger partial charge >= 0.3 is 0 Å². The second-order valence-corrected chi connectivity index (χ2v) is 7.36. The molecule has 4 aromatic carbocycles. The predicted molar refractivity (Wildman–Crippen MR) is 121 cm³/mol. The summed E-state index contributed by atoms with van der Waals surface area (Å²) in [5.41, 5.74) is 2.82. The summed E-state index contributed by atoms with van der Waals surface area (Å²) in [5.74, 6) is -0.142. The van der Waals surface area contributed by atoms with E-state index in [4.69, 9.17) is 11.6 Å². The highest BCUT2D eigenvalue weighted by atomic mass is 35.5. The first kappa shape index (κ1) is 19.9. The molecule has 6 heteroatoms. The first-order chi connectivity index (χ1) is 14.5. The molecule has 4 aromatic rings. The largest absolute Gasteiger partial charge is 0.505 e. The van der Waals surface area contributed by atoms with Crippen LogP contribution in [0, 0.1) is 6.92 Å². The molecule has 0 radical (unpaired) electrons. The van der Waals surface area contributed by atoms with Crippen LogP contribution in [0.15, 0.2) is 89.1 Å². The fourth-order valence-electron chi connectivity index (χ4n) is 3.22. The van der Waals surface area contributed by atoms with Gasteiger partial charge in [0.1, 0.15) is 11.4 Å². The van der Waals surface area contributed by atoms with Gasteiger partial charge in [0.25, 0.3) is 0 Å². The summed E-state index contributed by atoms with van der Waals surface area (Å²) < 4.78 is 0. The van der Waals surface area contributed by atoms with Gasteiger partial charge in [-0.25, -0.2) is 0 Å². The molecular weight excluding hydrogens is 398 g/mol. The quantitative estimate of drug-likeness (QED) is 0.241. The van der Waals surface area contributed by atoms with E-state index in [0.717, 1.165) is 22.0 Å². The zero-order valence-corrected chi connectivity index (χ0v) is 17.0. The first-order valence-corrected chi connectivity index (χ1v) is 9.83. The van der Waals surface area contributed by atoms with Crippen molar-refractivity contribution in [3.8, 4) is 5.75 Å². The van der Waals surface area contributed by atoms with Crippen molar-refractivity contribution in [2.75, 3.05) is 5.32 Å². The van der Waals surface area contributed by atoms with Crippen LogP contribution in [0.2, 0.25) is 5.02 Å². The number of phenolic OH excluding ortho intramolecular Hbond substituents is 1. The van der Waals surface area contributed by atoms with E-state index in [9.17, 15) is 10.2 Å². The number of nitrogens with zero attached hydrogens (tertiary/aromatic N) is 2. The van der Waals surface area contributed by atoms with Gasteiger partial charge in [-0.3, -0.25) is 0 Å². The van der Waals surface area contributed by atoms with Crippen molar-refractivity contribution >= 4 is 39.4 Å². The minimum Gasteiger partial charge on any atom is -0.505 e. The number of benzene rings is 4. The number of phenols is 1. The van der Waals surface area contributed by atoms with Crippen LogP contribution in [0.25, 0.3) is 10.8 Å². The number of anilines is 1. The van der Waals surface area contributed by atoms with Gasteiger partial charge in [-0.15, -0.1) is 10.2 Å². The van der Waals surface area contributed by atoms with Gasteiger partial charge in [0.2, 0.25) is 0 Å². The molecule has 0 amide bonds. The summed E-state index contributed by atoms with van der Waals surface area (Å²) in [6.45, 7) is 1.94. The second kappa shape index (κ2) is 8.53. The molecule has 0 aliphatic carbocycles. The van der Waals surface area contributed by atoms with Crippen LogP contribution in [0.1, 0.15) is 17.4 Å². The fraction of sp³-hybridized carbons (Fsp3) is 0.0833. The standard InChI is InChI=1S/C24H20ClN3O2/c1-15-11-12-21(20(25)13-15)27-28-22-18-10-6-5-7-16(18)14-19(23(22)29)24(30)26-17-8-3-2-4-9-17/h2-14,24,26,29-30H,1H3. The highest BCUT2D eigenvalue weighted by Crippen LogP contribution is 2.42.